The molecule has 1 saturated heterocycles. The van der Waals surface area contributed by atoms with Crippen LogP contribution in [0.5, 0.6) is 5.75 Å². The van der Waals surface area contributed by atoms with Crippen LogP contribution in [0.4, 0.5) is 10.5 Å². The van der Waals surface area contributed by atoms with Crippen molar-refractivity contribution in [3.05, 3.63) is 64.7 Å². The number of nitrogens with zero attached hydrogens (tertiary/aromatic N) is 2. The second-order valence-corrected chi connectivity index (χ2v) is 17.7. The van der Waals surface area contributed by atoms with Crippen LogP contribution in [-0.2, 0) is 36.1 Å². The van der Waals surface area contributed by atoms with Crippen molar-refractivity contribution in [2.45, 2.75) is 87.2 Å². The largest absolute Gasteiger partial charge is 0.490 e. The Morgan fingerprint density at radius 1 is 1.10 bits per heavy atom. The van der Waals surface area contributed by atoms with E-state index in [0.717, 1.165) is 51.7 Å². The maximum absolute atomic E-state index is 13.7. The number of aryl methyl sites for hydroxylation is 1. The Morgan fingerprint density at radius 3 is 2.71 bits per heavy atom. The fourth-order valence-corrected chi connectivity index (χ4v) is 9.86. The van der Waals surface area contributed by atoms with Gasteiger partial charge >= 0.3 is 6.09 Å². The van der Waals surface area contributed by atoms with Crippen molar-refractivity contribution in [2.24, 2.45) is 11.8 Å². The molecule has 2 aromatic rings. The summed E-state index contributed by atoms with van der Waals surface area (Å²) in [4.78, 5) is 31.1. The number of hydrogen-bond acceptors (Lipinski definition) is 9. The van der Waals surface area contributed by atoms with Gasteiger partial charge in [0.25, 0.3) is 15.9 Å². The topological polar surface area (TPSA) is 127 Å². The Labute approximate surface area is 312 Å². The Hall–Kier alpha value is -3.32. The van der Waals surface area contributed by atoms with E-state index in [9.17, 15) is 18.0 Å². The summed E-state index contributed by atoms with van der Waals surface area (Å²) in [5.74, 6) is -0.0179. The fourth-order valence-electron chi connectivity index (χ4n) is 8.55. The van der Waals surface area contributed by atoms with Crippen LogP contribution >= 0.6 is 11.6 Å². The summed E-state index contributed by atoms with van der Waals surface area (Å²) in [6.45, 7) is 8.14. The van der Waals surface area contributed by atoms with Crippen LogP contribution in [0.15, 0.2) is 53.4 Å². The number of carbonyl (C=O) groups excluding carboxylic acids is 2. The number of rotatable bonds is 4. The van der Waals surface area contributed by atoms with Crippen LogP contribution < -0.4 is 19.7 Å². The first kappa shape index (κ1) is 37.0. The van der Waals surface area contributed by atoms with Gasteiger partial charge < -0.3 is 29.3 Å². The highest BCUT2D eigenvalue weighted by Crippen LogP contribution is 2.47. The van der Waals surface area contributed by atoms with Crippen molar-refractivity contribution >= 4 is 39.3 Å². The molecule has 11 nitrogen and oxygen atoms in total. The van der Waals surface area contributed by atoms with Gasteiger partial charge in [-0.25, -0.2) is 17.9 Å². The Morgan fingerprint density at radius 2 is 1.92 bits per heavy atom. The van der Waals surface area contributed by atoms with E-state index >= 15 is 0 Å². The second-order valence-electron chi connectivity index (χ2n) is 15.6. The first-order chi connectivity index (χ1) is 24.9. The molecule has 0 aromatic heterocycles. The average molecular weight is 755 g/mol. The molecule has 1 spiro atoms. The second kappa shape index (κ2) is 15.2. The molecule has 2 amide bonds. The minimum Gasteiger partial charge on any atom is -0.490 e. The van der Waals surface area contributed by atoms with Crippen molar-refractivity contribution in [2.75, 3.05) is 57.4 Å². The molecule has 0 unspecified atom stereocenters. The Balaban J connectivity index is 1.20. The normalized spacial score (nSPS) is 29.2. The molecule has 13 heteroatoms. The van der Waals surface area contributed by atoms with E-state index in [2.05, 4.69) is 32.0 Å². The third-order valence-electron chi connectivity index (χ3n) is 11.7. The van der Waals surface area contributed by atoms with E-state index in [1.54, 1.807) is 18.2 Å². The van der Waals surface area contributed by atoms with Crippen LogP contribution in [0.2, 0.25) is 5.02 Å². The third kappa shape index (κ3) is 7.95. The van der Waals surface area contributed by atoms with Gasteiger partial charge in [0.15, 0.2) is 0 Å². The Bertz CT molecular complexity index is 1800. The van der Waals surface area contributed by atoms with E-state index < -0.39 is 33.7 Å². The molecule has 4 atom stereocenters. The molecule has 7 rings (SSSR count). The molecule has 2 N–H and O–H groups in total. The number of ether oxygens (including phenoxy) is 3. The fraction of sp³-hybridized carbons (Fsp3) is 0.590. The van der Waals surface area contributed by atoms with Gasteiger partial charge in [0, 0.05) is 42.5 Å². The first-order valence-corrected chi connectivity index (χ1v) is 20.6. The number of likely N-dealkylation sites (tertiary alicyclic amines) is 1. The zero-order valence-electron chi connectivity index (χ0n) is 30.2. The molecule has 52 heavy (non-hydrogen) atoms. The number of sulfonamides is 1. The molecule has 0 radical (unpaired) electrons. The van der Waals surface area contributed by atoms with Gasteiger partial charge in [-0.3, -0.25) is 4.79 Å². The van der Waals surface area contributed by atoms with Gasteiger partial charge in [0.05, 0.1) is 23.8 Å². The number of anilines is 1. The highest BCUT2D eigenvalue weighted by molar-refractivity contribution is 7.90. The lowest BCUT2D eigenvalue weighted by Gasteiger charge is -2.46. The summed E-state index contributed by atoms with van der Waals surface area (Å²) in [6, 6.07) is 10.9. The molecular weight excluding hydrogens is 704 g/mol. The van der Waals surface area contributed by atoms with Gasteiger partial charge in [-0.1, -0.05) is 30.2 Å². The molecule has 282 valence electrons. The number of halogens is 1. The van der Waals surface area contributed by atoms with Crippen molar-refractivity contribution in [1.29, 1.82) is 0 Å². The van der Waals surface area contributed by atoms with Crippen LogP contribution in [0.1, 0.15) is 69.9 Å². The van der Waals surface area contributed by atoms with Gasteiger partial charge in [-0.2, -0.15) is 0 Å². The summed E-state index contributed by atoms with van der Waals surface area (Å²) in [7, 11) is -4.24. The number of amides is 2. The monoisotopic (exact) mass is 754 g/mol. The number of hydrogen-bond donors (Lipinski definition) is 2. The van der Waals surface area contributed by atoms with Gasteiger partial charge in [-0.15, -0.1) is 0 Å². The van der Waals surface area contributed by atoms with Crippen molar-refractivity contribution in [3.8, 4) is 5.75 Å². The predicted molar refractivity (Wildman–Crippen MR) is 199 cm³/mol. The third-order valence-corrected chi connectivity index (χ3v) is 13.3. The SMILES string of the molecule is CC1(C)OC/C=C/[C@H](OC(=O)NCCN2CCCCC2)[C@@H]2CC[C@H]2CN2C[C@@]3(CCCc4cc(Cl)ccc43)COc3ccc(cc32)S(=O)(=O)NC1=O. The summed E-state index contributed by atoms with van der Waals surface area (Å²) in [5.41, 5.74) is 1.27. The van der Waals surface area contributed by atoms with Crippen LogP contribution in [-0.4, -0.2) is 89.5 Å². The lowest BCUT2D eigenvalue weighted by molar-refractivity contribution is -0.139. The van der Waals surface area contributed by atoms with Crippen LogP contribution in [0.25, 0.3) is 0 Å². The maximum atomic E-state index is 13.7. The predicted octanol–water partition coefficient (Wildman–Crippen LogP) is 5.59. The number of nitrogens with one attached hydrogen (secondary N) is 2. The molecule has 3 aliphatic heterocycles. The number of piperidine rings is 1. The number of alkyl carbamates (subject to hydrolysis) is 1. The van der Waals surface area contributed by atoms with Gasteiger partial charge in [-0.05, 0) is 125 Å². The number of fused-ring (bicyclic) bond motifs is 4. The van der Waals surface area contributed by atoms with E-state index in [1.807, 2.05) is 12.1 Å². The van der Waals surface area contributed by atoms with Crippen molar-refractivity contribution < 1.29 is 32.2 Å². The highest BCUT2D eigenvalue weighted by atomic mass is 35.5. The molecular formula is C39H51ClN4O7S. The van der Waals surface area contributed by atoms with E-state index in [4.69, 9.17) is 25.8 Å². The molecule has 2 fully saturated rings. The van der Waals surface area contributed by atoms with Crippen molar-refractivity contribution in [1.82, 2.24) is 14.9 Å². The van der Waals surface area contributed by atoms with Gasteiger partial charge in [0.2, 0.25) is 0 Å². The lowest BCUT2D eigenvalue weighted by Crippen LogP contribution is -2.50. The molecule has 3 heterocycles. The number of benzene rings is 2. The van der Waals surface area contributed by atoms with E-state index in [1.165, 1.54) is 50.3 Å². The minimum absolute atomic E-state index is 0.0289. The van der Waals surface area contributed by atoms with E-state index in [-0.39, 0.29) is 28.8 Å². The minimum atomic E-state index is -4.24. The maximum Gasteiger partial charge on any atom is 0.407 e. The lowest BCUT2D eigenvalue weighted by atomic mass is 9.68. The quantitative estimate of drug-likeness (QED) is 0.385. The summed E-state index contributed by atoms with van der Waals surface area (Å²) < 4.78 is 48.2. The summed E-state index contributed by atoms with van der Waals surface area (Å²) in [6.07, 6.45) is 10.9. The van der Waals surface area contributed by atoms with Crippen LogP contribution in [0, 0.1) is 11.8 Å². The molecule has 2 bridgehead atoms. The molecule has 2 aliphatic carbocycles. The van der Waals surface area contributed by atoms with Gasteiger partial charge in [0.1, 0.15) is 17.5 Å². The molecule has 5 aliphatic rings. The standard InChI is InChI=1S/C39H51ClN4O7S/c1-38(2)36(45)42-52(47,48)30-12-15-35-33(23-30)44(25-39(26-49-35)16-6-8-27-22-29(40)11-14-32(27)39)24-28-10-13-31(28)34(9-7-21-50-38)51-37(46)41-17-20-43-18-4-3-5-19-43/h7,9,11-12,14-15,22-23,28,31,34H,3-6,8,10,13,16-21,24-26H2,1-2H3,(H,41,46)(H,42,45)/b9-7+/t28-,31+,34-,39-/m0/s1. The molecule has 2 aromatic carbocycles. The van der Waals surface area contributed by atoms with E-state index in [0.29, 0.717) is 42.7 Å². The zero-order valence-corrected chi connectivity index (χ0v) is 31.8. The zero-order chi connectivity index (χ0) is 36.5. The van der Waals surface area contributed by atoms with Crippen molar-refractivity contribution in [3.63, 3.8) is 0 Å². The average Bonchev–Trinajstić information content (AvgIpc) is 3.25. The summed E-state index contributed by atoms with van der Waals surface area (Å²) in [5, 5.41) is 3.67. The summed E-state index contributed by atoms with van der Waals surface area (Å²) >= 11 is 6.45. The first-order valence-electron chi connectivity index (χ1n) is 18.8. The Kier molecular flexibility index (Phi) is 10.8. The van der Waals surface area contributed by atoms with Crippen LogP contribution in [0.3, 0.4) is 0 Å². The number of carbonyl (C=O) groups is 2. The highest BCUT2D eigenvalue weighted by Gasteiger charge is 2.45. The smallest absolute Gasteiger partial charge is 0.407 e. The molecule has 1 saturated carbocycles.